The van der Waals surface area contributed by atoms with E-state index in [4.69, 9.17) is 16.0 Å². The number of hydrogen-bond donors (Lipinski definition) is 0. The summed E-state index contributed by atoms with van der Waals surface area (Å²) in [5.41, 5.74) is 1.33. The summed E-state index contributed by atoms with van der Waals surface area (Å²) in [6.45, 7) is 4.23. The SMILES string of the molecule is Cc1oc2ncn(C)c(=O)c2c1C(=O)N1CCN(c2ccc(Cl)cc2)CC1. The molecule has 8 heteroatoms. The lowest BCUT2D eigenvalue weighted by atomic mass is 10.1. The molecule has 0 aliphatic carbocycles. The van der Waals surface area contributed by atoms with Crippen molar-refractivity contribution in [2.24, 2.45) is 7.05 Å². The molecule has 1 saturated heterocycles. The summed E-state index contributed by atoms with van der Waals surface area (Å²) < 4.78 is 6.91. The van der Waals surface area contributed by atoms with Gasteiger partial charge in [0.05, 0.1) is 5.56 Å². The maximum Gasteiger partial charge on any atom is 0.265 e. The number of carbonyl (C=O) groups is 1. The van der Waals surface area contributed by atoms with Crippen molar-refractivity contribution in [2.75, 3.05) is 31.1 Å². The van der Waals surface area contributed by atoms with Gasteiger partial charge in [0.25, 0.3) is 11.5 Å². The van der Waals surface area contributed by atoms with E-state index in [0.29, 0.717) is 42.5 Å². The molecule has 1 fully saturated rings. The van der Waals surface area contributed by atoms with E-state index >= 15 is 0 Å². The molecule has 4 rings (SSSR count). The lowest BCUT2D eigenvalue weighted by molar-refractivity contribution is 0.0746. The number of hydrogen-bond acceptors (Lipinski definition) is 5. The Labute approximate surface area is 160 Å². The minimum atomic E-state index is -0.278. The molecule has 1 aliphatic rings. The van der Waals surface area contributed by atoms with Crippen LogP contribution in [0.15, 0.2) is 39.8 Å². The van der Waals surface area contributed by atoms with Gasteiger partial charge in [-0.15, -0.1) is 0 Å². The molecule has 7 nitrogen and oxygen atoms in total. The first-order valence-electron chi connectivity index (χ1n) is 8.70. The molecule has 0 spiro atoms. The smallest absolute Gasteiger partial charge is 0.265 e. The molecule has 0 atom stereocenters. The predicted molar refractivity (Wildman–Crippen MR) is 104 cm³/mol. The number of furan rings is 1. The standard InChI is InChI=1S/C19H19ClN4O3/c1-12-15(16-17(27-12)21-11-22(2)18(16)25)19(26)24-9-7-23(8-10-24)14-5-3-13(20)4-6-14/h3-6,11H,7-10H2,1-2H3. The third-order valence-corrected chi connectivity index (χ3v) is 5.17. The van der Waals surface area contributed by atoms with Crippen molar-refractivity contribution >= 4 is 34.3 Å². The van der Waals surface area contributed by atoms with Crippen molar-refractivity contribution in [1.82, 2.24) is 14.5 Å². The third-order valence-electron chi connectivity index (χ3n) is 4.92. The van der Waals surface area contributed by atoms with Crippen molar-refractivity contribution in [2.45, 2.75) is 6.92 Å². The summed E-state index contributed by atoms with van der Waals surface area (Å²) in [4.78, 5) is 33.7. The molecule has 0 unspecified atom stereocenters. The summed E-state index contributed by atoms with van der Waals surface area (Å²) >= 11 is 5.95. The molecular formula is C19H19ClN4O3. The van der Waals surface area contributed by atoms with E-state index in [-0.39, 0.29) is 22.6 Å². The van der Waals surface area contributed by atoms with Crippen LogP contribution in [-0.2, 0) is 7.05 Å². The van der Waals surface area contributed by atoms with Crippen LogP contribution < -0.4 is 10.5 Å². The van der Waals surface area contributed by atoms with Crippen LogP contribution in [0.25, 0.3) is 11.1 Å². The molecule has 0 saturated carbocycles. The van der Waals surface area contributed by atoms with Crippen LogP contribution >= 0.6 is 11.6 Å². The molecule has 3 aromatic rings. The Kier molecular flexibility index (Phi) is 4.39. The Bertz CT molecular complexity index is 1060. The molecule has 0 N–H and O–H groups in total. The zero-order chi connectivity index (χ0) is 19.1. The van der Waals surface area contributed by atoms with Gasteiger partial charge in [-0.1, -0.05) is 11.6 Å². The van der Waals surface area contributed by atoms with Crippen LogP contribution in [0.2, 0.25) is 5.02 Å². The van der Waals surface area contributed by atoms with Crippen molar-refractivity contribution < 1.29 is 9.21 Å². The highest BCUT2D eigenvalue weighted by molar-refractivity contribution is 6.30. The number of halogens is 1. The molecule has 3 heterocycles. The average molecular weight is 387 g/mol. The fraction of sp³-hybridized carbons (Fsp3) is 0.316. The summed E-state index contributed by atoms with van der Waals surface area (Å²) in [7, 11) is 1.61. The van der Waals surface area contributed by atoms with Crippen LogP contribution in [0.5, 0.6) is 0 Å². The number of rotatable bonds is 2. The van der Waals surface area contributed by atoms with Crippen molar-refractivity contribution in [3.8, 4) is 0 Å². The maximum absolute atomic E-state index is 13.1. The maximum atomic E-state index is 13.1. The highest BCUT2D eigenvalue weighted by atomic mass is 35.5. The van der Waals surface area contributed by atoms with Crippen LogP contribution in [-0.4, -0.2) is 46.5 Å². The Morgan fingerprint density at radius 2 is 1.81 bits per heavy atom. The van der Waals surface area contributed by atoms with Crippen molar-refractivity contribution in [3.63, 3.8) is 0 Å². The molecule has 27 heavy (non-hydrogen) atoms. The number of fused-ring (bicyclic) bond motifs is 1. The number of anilines is 1. The van der Waals surface area contributed by atoms with Crippen LogP contribution in [0.1, 0.15) is 16.1 Å². The number of carbonyl (C=O) groups excluding carboxylic acids is 1. The quantitative estimate of drug-likeness (QED) is 0.676. The van der Waals surface area contributed by atoms with Crippen LogP contribution in [0.3, 0.4) is 0 Å². The number of benzene rings is 1. The Hall–Kier alpha value is -2.80. The highest BCUT2D eigenvalue weighted by Gasteiger charge is 2.28. The van der Waals surface area contributed by atoms with Gasteiger partial charge in [-0.2, -0.15) is 0 Å². The van der Waals surface area contributed by atoms with Gasteiger partial charge in [0.2, 0.25) is 5.71 Å². The molecule has 1 amide bonds. The van der Waals surface area contributed by atoms with Gasteiger partial charge in [0.15, 0.2) is 0 Å². The van der Waals surface area contributed by atoms with E-state index in [1.807, 2.05) is 24.3 Å². The van der Waals surface area contributed by atoms with Gasteiger partial charge in [0.1, 0.15) is 17.5 Å². The van der Waals surface area contributed by atoms with Crippen LogP contribution in [0.4, 0.5) is 5.69 Å². The first-order valence-corrected chi connectivity index (χ1v) is 9.08. The fourth-order valence-electron chi connectivity index (χ4n) is 3.42. The van der Waals surface area contributed by atoms with E-state index in [9.17, 15) is 9.59 Å². The summed E-state index contributed by atoms with van der Waals surface area (Å²) in [6.07, 6.45) is 1.40. The minimum Gasteiger partial charge on any atom is -0.442 e. The minimum absolute atomic E-state index is 0.188. The monoisotopic (exact) mass is 386 g/mol. The average Bonchev–Trinajstić information content (AvgIpc) is 3.02. The molecule has 1 aliphatic heterocycles. The number of piperazine rings is 1. The third kappa shape index (κ3) is 3.08. The number of amides is 1. The number of aryl methyl sites for hydroxylation is 2. The van der Waals surface area contributed by atoms with Gasteiger partial charge in [0, 0.05) is 43.9 Å². The molecule has 0 bridgehead atoms. The zero-order valence-electron chi connectivity index (χ0n) is 15.1. The topological polar surface area (TPSA) is 71.6 Å². The number of nitrogens with zero attached hydrogens (tertiary/aromatic N) is 4. The van der Waals surface area contributed by atoms with Crippen LogP contribution in [0, 0.1) is 6.92 Å². The lowest BCUT2D eigenvalue weighted by Crippen LogP contribution is -2.49. The van der Waals surface area contributed by atoms with E-state index in [0.717, 1.165) is 5.69 Å². The normalized spacial score (nSPS) is 14.8. The summed E-state index contributed by atoms with van der Waals surface area (Å²) in [5.74, 6) is 0.234. The van der Waals surface area contributed by atoms with E-state index in [1.54, 1.807) is 18.9 Å². The summed E-state index contributed by atoms with van der Waals surface area (Å²) in [6, 6.07) is 7.67. The van der Waals surface area contributed by atoms with Gasteiger partial charge in [-0.3, -0.25) is 9.59 Å². The number of aromatic nitrogens is 2. The van der Waals surface area contributed by atoms with Gasteiger partial charge in [-0.05, 0) is 31.2 Å². The van der Waals surface area contributed by atoms with E-state index in [2.05, 4.69) is 9.88 Å². The molecular weight excluding hydrogens is 368 g/mol. The Morgan fingerprint density at radius 3 is 2.48 bits per heavy atom. The second kappa shape index (κ2) is 6.74. The highest BCUT2D eigenvalue weighted by Crippen LogP contribution is 2.24. The molecule has 0 radical (unpaired) electrons. The largest absolute Gasteiger partial charge is 0.442 e. The fourth-order valence-corrected chi connectivity index (χ4v) is 3.55. The second-order valence-corrected chi connectivity index (χ2v) is 7.07. The first kappa shape index (κ1) is 17.6. The first-order chi connectivity index (χ1) is 13.0. The molecule has 140 valence electrons. The van der Waals surface area contributed by atoms with Gasteiger partial charge < -0.3 is 18.8 Å². The van der Waals surface area contributed by atoms with Gasteiger partial charge in [-0.25, -0.2) is 4.98 Å². The van der Waals surface area contributed by atoms with E-state index < -0.39 is 0 Å². The summed E-state index contributed by atoms with van der Waals surface area (Å²) in [5, 5.41) is 0.952. The Balaban J connectivity index is 1.57. The molecule has 1 aromatic carbocycles. The van der Waals surface area contributed by atoms with Gasteiger partial charge >= 0.3 is 0 Å². The Morgan fingerprint density at radius 1 is 1.15 bits per heavy atom. The second-order valence-electron chi connectivity index (χ2n) is 6.63. The zero-order valence-corrected chi connectivity index (χ0v) is 15.9. The van der Waals surface area contributed by atoms with Crippen molar-refractivity contribution in [3.05, 3.63) is 57.3 Å². The predicted octanol–water partition coefficient (Wildman–Crippen LogP) is 2.45. The molecule has 2 aromatic heterocycles. The lowest BCUT2D eigenvalue weighted by Gasteiger charge is -2.36. The van der Waals surface area contributed by atoms with E-state index in [1.165, 1.54) is 10.9 Å². The van der Waals surface area contributed by atoms with Crippen molar-refractivity contribution in [1.29, 1.82) is 0 Å².